The number of aromatic nitrogens is 1. The molecular formula is C19H19N3O2S2. The van der Waals surface area contributed by atoms with Gasteiger partial charge in [-0.05, 0) is 49.6 Å². The molecule has 0 saturated carbocycles. The van der Waals surface area contributed by atoms with E-state index in [0.717, 1.165) is 9.88 Å². The Bertz CT molecular complexity index is 882. The smallest absolute Gasteiger partial charge is 0.275 e. The number of nitrogens with zero attached hydrogens (tertiary/aromatic N) is 2. The van der Waals surface area contributed by atoms with Gasteiger partial charge in [0, 0.05) is 29.7 Å². The van der Waals surface area contributed by atoms with Crippen molar-refractivity contribution in [2.75, 3.05) is 18.4 Å². The fourth-order valence-electron chi connectivity index (χ4n) is 2.48. The largest absolute Gasteiger partial charge is 0.339 e. The van der Waals surface area contributed by atoms with E-state index >= 15 is 0 Å². The Kier molecular flexibility index (Phi) is 5.80. The number of thiophene rings is 1. The van der Waals surface area contributed by atoms with Crippen LogP contribution in [0.2, 0.25) is 0 Å². The van der Waals surface area contributed by atoms with Gasteiger partial charge >= 0.3 is 0 Å². The first-order valence-corrected chi connectivity index (χ1v) is 10.1. The van der Waals surface area contributed by atoms with Crippen LogP contribution in [0.5, 0.6) is 0 Å². The van der Waals surface area contributed by atoms with Gasteiger partial charge in [-0.25, -0.2) is 4.98 Å². The number of thiazole rings is 1. The first-order chi connectivity index (χ1) is 12.6. The Morgan fingerprint density at radius 3 is 2.42 bits per heavy atom. The van der Waals surface area contributed by atoms with E-state index in [-0.39, 0.29) is 11.8 Å². The van der Waals surface area contributed by atoms with E-state index in [1.165, 1.54) is 11.3 Å². The first-order valence-electron chi connectivity index (χ1n) is 8.32. The van der Waals surface area contributed by atoms with Crippen LogP contribution in [0, 0.1) is 0 Å². The monoisotopic (exact) mass is 385 g/mol. The molecule has 134 valence electrons. The van der Waals surface area contributed by atoms with E-state index in [1.807, 2.05) is 31.4 Å². The molecule has 2 aromatic heterocycles. The maximum Gasteiger partial charge on any atom is 0.275 e. The summed E-state index contributed by atoms with van der Waals surface area (Å²) >= 11 is 3.04. The van der Waals surface area contributed by atoms with Gasteiger partial charge in [0.1, 0.15) is 10.7 Å². The fourth-order valence-corrected chi connectivity index (χ4v) is 4.09. The van der Waals surface area contributed by atoms with Crippen LogP contribution >= 0.6 is 22.7 Å². The van der Waals surface area contributed by atoms with Gasteiger partial charge in [0.15, 0.2) is 0 Å². The second-order valence-electron chi connectivity index (χ2n) is 5.52. The van der Waals surface area contributed by atoms with Crippen LogP contribution in [-0.2, 0) is 0 Å². The molecule has 1 N–H and O–H groups in total. The zero-order chi connectivity index (χ0) is 18.5. The average Bonchev–Trinajstić information content (AvgIpc) is 3.35. The third-order valence-corrected chi connectivity index (χ3v) is 5.79. The quantitative estimate of drug-likeness (QED) is 0.674. The third-order valence-electron chi connectivity index (χ3n) is 3.91. The van der Waals surface area contributed by atoms with Crippen molar-refractivity contribution >= 4 is 40.2 Å². The molecule has 2 heterocycles. The normalized spacial score (nSPS) is 10.5. The summed E-state index contributed by atoms with van der Waals surface area (Å²) in [5, 5.41) is 7.40. The van der Waals surface area contributed by atoms with Crippen molar-refractivity contribution in [1.29, 1.82) is 0 Å². The van der Waals surface area contributed by atoms with Crippen molar-refractivity contribution in [1.82, 2.24) is 9.88 Å². The van der Waals surface area contributed by atoms with Gasteiger partial charge in [-0.2, -0.15) is 0 Å². The Labute approximate surface area is 160 Å². The van der Waals surface area contributed by atoms with Crippen LogP contribution < -0.4 is 5.32 Å². The predicted molar refractivity (Wildman–Crippen MR) is 107 cm³/mol. The molecule has 0 bridgehead atoms. The lowest BCUT2D eigenvalue weighted by Crippen LogP contribution is -2.30. The summed E-state index contributed by atoms with van der Waals surface area (Å²) < 4.78 is 0. The summed E-state index contributed by atoms with van der Waals surface area (Å²) in [6.07, 6.45) is 0. The molecule has 7 heteroatoms. The third kappa shape index (κ3) is 4.00. The van der Waals surface area contributed by atoms with E-state index in [1.54, 1.807) is 45.9 Å². The van der Waals surface area contributed by atoms with E-state index in [4.69, 9.17) is 0 Å². The Hall–Kier alpha value is -2.51. The van der Waals surface area contributed by atoms with Crippen LogP contribution in [-0.4, -0.2) is 34.8 Å². The predicted octanol–water partition coefficient (Wildman–Crippen LogP) is 4.61. The molecule has 0 aliphatic rings. The molecule has 2 amide bonds. The molecule has 0 aliphatic carbocycles. The van der Waals surface area contributed by atoms with Crippen molar-refractivity contribution < 1.29 is 9.59 Å². The van der Waals surface area contributed by atoms with E-state index < -0.39 is 0 Å². The highest BCUT2D eigenvalue weighted by Crippen LogP contribution is 2.28. The number of nitrogens with one attached hydrogen (secondary N) is 1. The fraction of sp³-hybridized carbons (Fsp3) is 0.211. The number of benzene rings is 1. The van der Waals surface area contributed by atoms with Gasteiger partial charge in [0.05, 0.1) is 4.88 Å². The molecule has 3 rings (SSSR count). The molecule has 0 aliphatic heterocycles. The topological polar surface area (TPSA) is 62.3 Å². The highest BCUT2D eigenvalue weighted by molar-refractivity contribution is 7.20. The zero-order valence-electron chi connectivity index (χ0n) is 14.6. The number of amides is 2. The molecule has 0 spiro atoms. The van der Waals surface area contributed by atoms with Crippen molar-refractivity contribution in [3.63, 3.8) is 0 Å². The summed E-state index contributed by atoms with van der Waals surface area (Å²) in [7, 11) is 0. The van der Waals surface area contributed by atoms with Crippen LogP contribution in [0.3, 0.4) is 0 Å². The van der Waals surface area contributed by atoms with E-state index in [0.29, 0.717) is 30.0 Å². The van der Waals surface area contributed by atoms with E-state index in [9.17, 15) is 9.59 Å². The number of anilines is 1. The summed E-state index contributed by atoms with van der Waals surface area (Å²) in [5.41, 5.74) is 1.64. The first kappa shape index (κ1) is 18.3. The van der Waals surface area contributed by atoms with E-state index in [2.05, 4.69) is 10.3 Å². The molecule has 5 nitrogen and oxygen atoms in total. The van der Waals surface area contributed by atoms with Crippen LogP contribution in [0.25, 0.3) is 9.88 Å². The van der Waals surface area contributed by atoms with Crippen molar-refractivity contribution in [2.45, 2.75) is 13.8 Å². The van der Waals surface area contributed by atoms with Crippen molar-refractivity contribution in [3.05, 3.63) is 58.4 Å². The standard InChI is InChI=1S/C19H19N3O2S2/c1-3-22(4-2)19(24)13-7-9-14(10-8-13)20-17(23)15-12-26-18(21-15)16-6-5-11-25-16/h5-12H,3-4H2,1-2H3,(H,20,23). The lowest BCUT2D eigenvalue weighted by Gasteiger charge is -2.18. The second-order valence-corrected chi connectivity index (χ2v) is 7.33. The van der Waals surface area contributed by atoms with Gasteiger partial charge in [0.2, 0.25) is 0 Å². The lowest BCUT2D eigenvalue weighted by molar-refractivity contribution is 0.0773. The van der Waals surface area contributed by atoms with Gasteiger partial charge in [-0.1, -0.05) is 6.07 Å². The minimum atomic E-state index is -0.258. The van der Waals surface area contributed by atoms with Gasteiger partial charge in [-0.15, -0.1) is 22.7 Å². The summed E-state index contributed by atoms with van der Waals surface area (Å²) in [6, 6.07) is 10.9. The second kappa shape index (κ2) is 8.25. The number of rotatable bonds is 6. The summed E-state index contributed by atoms with van der Waals surface area (Å²) in [5.74, 6) is -0.264. The highest BCUT2D eigenvalue weighted by Gasteiger charge is 2.14. The van der Waals surface area contributed by atoms with Gasteiger partial charge in [0.25, 0.3) is 11.8 Å². The van der Waals surface area contributed by atoms with Crippen molar-refractivity contribution in [2.24, 2.45) is 0 Å². The molecule has 0 atom stereocenters. The minimum Gasteiger partial charge on any atom is -0.339 e. The SMILES string of the molecule is CCN(CC)C(=O)c1ccc(NC(=O)c2csc(-c3cccs3)n2)cc1. The highest BCUT2D eigenvalue weighted by atomic mass is 32.1. The molecule has 0 saturated heterocycles. The number of carbonyl (C=O) groups is 2. The van der Waals surface area contributed by atoms with Crippen molar-refractivity contribution in [3.8, 4) is 9.88 Å². The van der Waals surface area contributed by atoms with Crippen LogP contribution in [0.15, 0.2) is 47.2 Å². The molecule has 3 aromatic rings. The summed E-state index contributed by atoms with van der Waals surface area (Å²) in [4.78, 5) is 31.9. The zero-order valence-corrected chi connectivity index (χ0v) is 16.2. The molecule has 1 aromatic carbocycles. The van der Waals surface area contributed by atoms with Crippen LogP contribution in [0.4, 0.5) is 5.69 Å². The molecule has 0 unspecified atom stereocenters. The average molecular weight is 386 g/mol. The minimum absolute atomic E-state index is 0.00651. The molecular weight excluding hydrogens is 366 g/mol. The maximum atomic E-state index is 12.4. The lowest BCUT2D eigenvalue weighted by atomic mass is 10.1. The summed E-state index contributed by atoms with van der Waals surface area (Å²) in [6.45, 7) is 5.25. The van der Waals surface area contributed by atoms with Gasteiger partial charge in [-0.3, -0.25) is 9.59 Å². The Morgan fingerprint density at radius 2 is 1.81 bits per heavy atom. The molecule has 0 radical (unpaired) electrons. The molecule has 26 heavy (non-hydrogen) atoms. The number of hydrogen-bond donors (Lipinski definition) is 1. The Morgan fingerprint density at radius 1 is 1.08 bits per heavy atom. The number of hydrogen-bond acceptors (Lipinski definition) is 5. The number of carbonyl (C=O) groups excluding carboxylic acids is 2. The van der Waals surface area contributed by atoms with Gasteiger partial charge < -0.3 is 10.2 Å². The Balaban J connectivity index is 1.67. The molecule has 0 fully saturated rings. The van der Waals surface area contributed by atoms with Crippen LogP contribution in [0.1, 0.15) is 34.7 Å². The maximum absolute atomic E-state index is 12.4.